The number of ether oxygens (including phenoxy) is 1. The van der Waals surface area contributed by atoms with Gasteiger partial charge in [0.2, 0.25) is 0 Å². The van der Waals surface area contributed by atoms with Crippen LogP contribution in [0.1, 0.15) is 15.9 Å². The Morgan fingerprint density at radius 3 is 2.12 bits per heavy atom. The standard InChI is InChI=1S/C19H18N4O2/c1-13-3-5-14(6-4-13)19(24)21-18-12-11-17(22-23-18)20-15-7-9-16(25-2)10-8-15/h3-12H,1-2H3,(H,20,22)(H,21,23,24). The molecular weight excluding hydrogens is 316 g/mol. The first-order valence-corrected chi connectivity index (χ1v) is 7.77. The number of aromatic nitrogens is 2. The summed E-state index contributed by atoms with van der Waals surface area (Å²) in [6, 6.07) is 18.3. The highest BCUT2D eigenvalue weighted by Gasteiger charge is 2.07. The number of benzene rings is 2. The number of hydrogen-bond acceptors (Lipinski definition) is 5. The van der Waals surface area contributed by atoms with Crippen LogP contribution in [0, 0.1) is 6.92 Å². The van der Waals surface area contributed by atoms with Gasteiger partial charge in [-0.3, -0.25) is 4.79 Å². The summed E-state index contributed by atoms with van der Waals surface area (Å²) in [6.45, 7) is 1.97. The molecule has 0 aliphatic rings. The molecule has 25 heavy (non-hydrogen) atoms. The number of anilines is 3. The zero-order valence-corrected chi connectivity index (χ0v) is 14.0. The maximum absolute atomic E-state index is 12.2. The van der Waals surface area contributed by atoms with Crippen LogP contribution in [-0.4, -0.2) is 23.2 Å². The number of amides is 1. The van der Waals surface area contributed by atoms with E-state index in [1.807, 2.05) is 43.3 Å². The summed E-state index contributed by atoms with van der Waals surface area (Å²) in [4.78, 5) is 12.2. The van der Waals surface area contributed by atoms with E-state index in [4.69, 9.17) is 4.74 Å². The van der Waals surface area contributed by atoms with Crippen LogP contribution in [0.5, 0.6) is 5.75 Å². The Hall–Kier alpha value is -3.41. The van der Waals surface area contributed by atoms with E-state index in [2.05, 4.69) is 20.8 Å². The lowest BCUT2D eigenvalue weighted by Crippen LogP contribution is -2.13. The van der Waals surface area contributed by atoms with Crippen LogP contribution in [0.4, 0.5) is 17.3 Å². The molecule has 0 aliphatic heterocycles. The molecule has 0 spiro atoms. The minimum Gasteiger partial charge on any atom is -0.497 e. The van der Waals surface area contributed by atoms with Crippen molar-refractivity contribution in [2.75, 3.05) is 17.7 Å². The van der Waals surface area contributed by atoms with Crippen LogP contribution in [-0.2, 0) is 0 Å². The highest BCUT2D eigenvalue weighted by Crippen LogP contribution is 2.18. The summed E-state index contributed by atoms with van der Waals surface area (Å²) in [5, 5.41) is 14.0. The number of rotatable bonds is 5. The number of carbonyl (C=O) groups is 1. The number of nitrogens with zero attached hydrogens (tertiary/aromatic N) is 2. The van der Waals surface area contributed by atoms with Gasteiger partial charge in [-0.2, -0.15) is 0 Å². The lowest BCUT2D eigenvalue weighted by molar-refractivity contribution is 0.102. The van der Waals surface area contributed by atoms with Crippen LogP contribution >= 0.6 is 0 Å². The summed E-state index contributed by atoms with van der Waals surface area (Å²) in [7, 11) is 1.62. The Kier molecular flexibility index (Phi) is 4.89. The van der Waals surface area contributed by atoms with Gasteiger partial charge in [0, 0.05) is 11.3 Å². The summed E-state index contributed by atoms with van der Waals surface area (Å²) >= 11 is 0. The van der Waals surface area contributed by atoms with Crippen molar-refractivity contribution in [1.82, 2.24) is 10.2 Å². The van der Waals surface area contributed by atoms with E-state index in [0.29, 0.717) is 17.2 Å². The van der Waals surface area contributed by atoms with Crippen LogP contribution < -0.4 is 15.4 Å². The smallest absolute Gasteiger partial charge is 0.256 e. The van der Waals surface area contributed by atoms with Gasteiger partial charge in [-0.25, -0.2) is 0 Å². The molecule has 0 saturated heterocycles. The molecule has 0 fully saturated rings. The number of aryl methyl sites for hydroxylation is 1. The predicted molar refractivity (Wildman–Crippen MR) is 97.4 cm³/mol. The quantitative estimate of drug-likeness (QED) is 0.742. The van der Waals surface area contributed by atoms with Gasteiger partial charge in [-0.1, -0.05) is 17.7 Å². The summed E-state index contributed by atoms with van der Waals surface area (Å²) in [5.74, 6) is 1.54. The van der Waals surface area contributed by atoms with E-state index in [0.717, 1.165) is 17.0 Å². The van der Waals surface area contributed by atoms with Gasteiger partial charge in [-0.05, 0) is 55.5 Å². The maximum Gasteiger partial charge on any atom is 0.256 e. The topological polar surface area (TPSA) is 76.1 Å². The lowest BCUT2D eigenvalue weighted by atomic mass is 10.1. The molecule has 3 aromatic rings. The van der Waals surface area contributed by atoms with Crippen LogP contribution in [0.2, 0.25) is 0 Å². The average Bonchev–Trinajstić information content (AvgIpc) is 2.64. The van der Waals surface area contributed by atoms with Crippen molar-refractivity contribution in [3.05, 3.63) is 71.8 Å². The molecule has 126 valence electrons. The van der Waals surface area contributed by atoms with Crippen molar-refractivity contribution in [2.45, 2.75) is 6.92 Å². The minimum atomic E-state index is -0.217. The Morgan fingerprint density at radius 1 is 0.880 bits per heavy atom. The van der Waals surface area contributed by atoms with Crippen molar-refractivity contribution in [2.24, 2.45) is 0 Å². The molecule has 3 rings (SSSR count). The van der Waals surface area contributed by atoms with Gasteiger partial charge in [0.15, 0.2) is 11.6 Å². The second kappa shape index (κ2) is 7.44. The molecule has 0 aliphatic carbocycles. The molecule has 0 atom stereocenters. The summed E-state index contributed by atoms with van der Waals surface area (Å²) in [5.41, 5.74) is 2.55. The number of nitrogens with one attached hydrogen (secondary N) is 2. The molecule has 0 bridgehead atoms. The largest absolute Gasteiger partial charge is 0.497 e. The molecule has 1 amide bonds. The molecule has 1 heterocycles. The van der Waals surface area contributed by atoms with Gasteiger partial charge < -0.3 is 15.4 Å². The molecule has 6 nitrogen and oxygen atoms in total. The Bertz CT molecular complexity index is 844. The van der Waals surface area contributed by atoms with Gasteiger partial charge in [0.25, 0.3) is 5.91 Å². The summed E-state index contributed by atoms with van der Waals surface area (Å²) in [6.07, 6.45) is 0. The van der Waals surface area contributed by atoms with E-state index < -0.39 is 0 Å². The van der Waals surface area contributed by atoms with Crippen LogP contribution in [0.15, 0.2) is 60.7 Å². The fourth-order valence-corrected chi connectivity index (χ4v) is 2.18. The normalized spacial score (nSPS) is 10.2. The molecule has 0 saturated carbocycles. The predicted octanol–water partition coefficient (Wildman–Crippen LogP) is 3.79. The van der Waals surface area contributed by atoms with Crippen molar-refractivity contribution >= 4 is 23.2 Å². The molecule has 1 aromatic heterocycles. The Morgan fingerprint density at radius 2 is 1.52 bits per heavy atom. The molecule has 2 N–H and O–H groups in total. The minimum absolute atomic E-state index is 0.217. The van der Waals surface area contributed by atoms with Crippen molar-refractivity contribution in [3.8, 4) is 5.75 Å². The van der Waals surface area contributed by atoms with Gasteiger partial charge in [-0.15, -0.1) is 10.2 Å². The third kappa shape index (κ3) is 4.32. The Labute approximate surface area is 145 Å². The summed E-state index contributed by atoms with van der Waals surface area (Å²) < 4.78 is 5.12. The maximum atomic E-state index is 12.2. The third-order valence-corrected chi connectivity index (χ3v) is 3.58. The van der Waals surface area contributed by atoms with Crippen molar-refractivity contribution < 1.29 is 9.53 Å². The molecule has 0 unspecified atom stereocenters. The lowest BCUT2D eigenvalue weighted by Gasteiger charge is -2.07. The number of hydrogen-bond donors (Lipinski definition) is 2. The van der Waals surface area contributed by atoms with Gasteiger partial charge in [0.05, 0.1) is 7.11 Å². The van der Waals surface area contributed by atoms with E-state index in [-0.39, 0.29) is 5.91 Å². The number of methoxy groups -OCH3 is 1. The second-order valence-corrected chi connectivity index (χ2v) is 5.48. The van der Waals surface area contributed by atoms with E-state index in [9.17, 15) is 4.79 Å². The van der Waals surface area contributed by atoms with E-state index in [1.165, 1.54) is 0 Å². The second-order valence-electron chi connectivity index (χ2n) is 5.48. The van der Waals surface area contributed by atoms with Crippen molar-refractivity contribution in [1.29, 1.82) is 0 Å². The van der Waals surface area contributed by atoms with E-state index in [1.54, 1.807) is 31.4 Å². The first kappa shape index (κ1) is 16.4. The van der Waals surface area contributed by atoms with Gasteiger partial charge >= 0.3 is 0 Å². The fraction of sp³-hybridized carbons (Fsp3) is 0.105. The average molecular weight is 334 g/mol. The molecule has 6 heteroatoms. The molecular formula is C19H18N4O2. The van der Waals surface area contributed by atoms with E-state index >= 15 is 0 Å². The van der Waals surface area contributed by atoms with Crippen molar-refractivity contribution in [3.63, 3.8) is 0 Å². The highest BCUT2D eigenvalue weighted by atomic mass is 16.5. The zero-order chi connectivity index (χ0) is 17.6. The fourth-order valence-electron chi connectivity index (χ4n) is 2.18. The highest BCUT2D eigenvalue weighted by molar-refractivity contribution is 6.03. The Balaban J connectivity index is 1.63. The molecule has 0 radical (unpaired) electrons. The monoisotopic (exact) mass is 334 g/mol. The van der Waals surface area contributed by atoms with Crippen LogP contribution in [0.25, 0.3) is 0 Å². The van der Waals surface area contributed by atoms with Crippen LogP contribution in [0.3, 0.4) is 0 Å². The third-order valence-electron chi connectivity index (χ3n) is 3.58. The zero-order valence-electron chi connectivity index (χ0n) is 14.0. The first-order chi connectivity index (χ1) is 12.1. The first-order valence-electron chi connectivity index (χ1n) is 7.77. The molecule has 2 aromatic carbocycles. The SMILES string of the molecule is COc1ccc(Nc2ccc(NC(=O)c3ccc(C)cc3)nn2)cc1. The number of carbonyl (C=O) groups excluding carboxylic acids is 1. The van der Waals surface area contributed by atoms with Gasteiger partial charge in [0.1, 0.15) is 5.75 Å².